The lowest BCUT2D eigenvalue weighted by Crippen LogP contribution is -2.33. The maximum Gasteiger partial charge on any atom is 0.0164 e. The van der Waals surface area contributed by atoms with Gasteiger partial charge in [-0.05, 0) is 37.4 Å². The van der Waals surface area contributed by atoms with E-state index >= 15 is 0 Å². The van der Waals surface area contributed by atoms with Crippen molar-refractivity contribution < 1.29 is 0 Å². The number of benzene rings is 1. The van der Waals surface area contributed by atoms with Gasteiger partial charge in [-0.2, -0.15) is 0 Å². The van der Waals surface area contributed by atoms with E-state index in [4.69, 9.17) is 0 Å². The third-order valence-electron chi connectivity index (χ3n) is 3.65. The molecule has 1 aromatic carbocycles. The van der Waals surface area contributed by atoms with Crippen LogP contribution >= 0.6 is 11.8 Å². The molecular formula is C17H29NS. The van der Waals surface area contributed by atoms with Crippen LogP contribution in [0.2, 0.25) is 0 Å². The zero-order valence-electron chi connectivity index (χ0n) is 12.7. The lowest BCUT2D eigenvalue weighted by Gasteiger charge is -2.23. The fourth-order valence-corrected chi connectivity index (χ4v) is 3.29. The highest BCUT2D eigenvalue weighted by atomic mass is 32.2. The Hall–Kier alpha value is -0.470. The number of nitrogens with one attached hydrogen (secondary N) is 1. The Balaban J connectivity index is 2.44. The number of hydrogen-bond acceptors (Lipinski definition) is 2. The van der Waals surface area contributed by atoms with Gasteiger partial charge in [0.2, 0.25) is 0 Å². The summed E-state index contributed by atoms with van der Waals surface area (Å²) in [6.45, 7) is 8.01. The van der Waals surface area contributed by atoms with Crippen molar-refractivity contribution in [2.75, 3.05) is 12.3 Å². The van der Waals surface area contributed by atoms with Crippen LogP contribution in [-0.4, -0.2) is 18.3 Å². The standard InChI is InChI=1S/C17H29NS/c1-4-12-18-16(13-15(5-2)6-3)14-19-17-10-8-7-9-11-17/h7-11,15-16,18H,4-6,12-14H2,1-3H3. The van der Waals surface area contributed by atoms with Gasteiger partial charge < -0.3 is 5.32 Å². The molecule has 1 atom stereocenters. The molecule has 0 spiro atoms. The van der Waals surface area contributed by atoms with Crippen LogP contribution in [0.5, 0.6) is 0 Å². The Morgan fingerprint density at radius 2 is 1.74 bits per heavy atom. The van der Waals surface area contributed by atoms with Gasteiger partial charge in [0.1, 0.15) is 0 Å². The van der Waals surface area contributed by atoms with Gasteiger partial charge in [-0.3, -0.25) is 0 Å². The average Bonchev–Trinajstić information content (AvgIpc) is 2.47. The molecule has 1 unspecified atom stereocenters. The summed E-state index contributed by atoms with van der Waals surface area (Å²) in [6, 6.07) is 11.4. The molecule has 0 aromatic heterocycles. The highest BCUT2D eigenvalue weighted by Crippen LogP contribution is 2.22. The highest BCUT2D eigenvalue weighted by Gasteiger charge is 2.13. The van der Waals surface area contributed by atoms with E-state index in [1.54, 1.807) is 0 Å². The van der Waals surface area contributed by atoms with Crippen LogP contribution in [0.1, 0.15) is 46.5 Å². The molecule has 0 amide bonds. The lowest BCUT2D eigenvalue weighted by atomic mass is 9.95. The van der Waals surface area contributed by atoms with Crippen LogP contribution in [0.15, 0.2) is 35.2 Å². The second-order valence-corrected chi connectivity index (χ2v) is 6.29. The first-order chi connectivity index (χ1) is 9.30. The first-order valence-corrected chi connectivity index (χ1v) is 8.69. The summed E-state index contributed by atoms with van der Waals surface area (Å²) in [6.07, 6.45) is 5.13. The zero-order valence-corrected chi connectivity index (χ0v) is 13.5. The molecule has 2 heteroatoms. The van der Waals surface area contributed by atoms with Crippen LogP contribution in [0.4, 0.5) is 0 Å². The molecule has 1 nitrogen and oxygen atoms in total. The molecular weight excluding hydrogens is 250 g/mol. The maximum absolute atomic E-state index is 3.72. The summed E-state index contributed by atoms with van der Waals surface area (Å²) in [5, 5.41) is 3.72. The first-order valence-electron chi connectivity index (χ1n) is 7.71. The predicted octanol–water partition coefficient (Wildman–Crippen LogP) is 4.97. The lowest BCUT2D eigenvalue weighted by molar-refractivity contribution is 0.384. The second kappa shape index (κ2) is 10.3. The third kappa shape index (κ3) is 7.03. The van der Waals surface area contributed by atoms with Crippen molar-refractivity contribution in [1.82, 2.24) is 5.32 Å². The molecule has 0 aliphatic carbocycles. The molecule has 0 radical (unpaired) electrons. The van der Waals surface area contributed by atoms with Gasteiger partial charge in [-0.1, -0.05) is 51.8 Å². The second-order valence-electron chi connectivity index (χ2n) is 5.19. The average molecular weight is 279 g/mol. The number of rotatable bonds is 10. The van der Waals surface area contributed by atoms with Gasteiger partial charge in [-0.25, -0.2) is 0 Å². The Labute approximate surface area is 123 Å². The van der Waals surface area contributed by atoms with Crippen LogP contribution in [0, 0.1) is 5.92 Å². The summed E-state index contributed by atoms with van der Waals surface area (Å²) in [4.78, 5) is 1.38. The van der Waals surface area contributed by atoms with E-state index in [2.05, 4.69) is 56.4 Å². The van der Waals surface area contributed by atoms with Gasteiger partial charge in [0.25, 0.3) is 0 Å². The molecule has 108 valence electrons. The molecule has 0 heterocycles. The molecule has 0 fully saturated rings. The predicted molar refractivity (Wildman–Crippen MR) is 87.9 cm³/mol. The van der Waals surface area contributed by atoms with Crippen molar-refractivity contribution in [2.24, 2.45) is 5.92 Å². The van der Waals surface area contributed by atoms with Crippen molar-refractivity contribution in [3.8, 4) is 0 Å². The fraction of sp³-hybridized carbons (Fsp3) is 0.647. The van der Waals surface area contributed by atoms with Crippen LogP contribution in [0.25, 0.3) is 0 Å². The van der Waals surface area contributed by atoms with Crippen LogP contribution in [0.3, 0.4) is 0 Å². The Kier molecular flexibility index (Phi) is 9.02. The SMILES string of the molecule is CCCNC(CSc1ccccc1)CC(CC)CC. The summed E-state index contributed by atoms with van der Waals surface area (Å²) in [5.41, 5.74) is 0. The zero-order chi connectivity index (χ0) is 13.9. The molecule has 0 aliphatic rings. The number of thioether (sulfide) groups is 1. The van der Waals surface area contributed by atoms with Gasteiger partial charge in [0.15, 0.2) is 0 Å². The highest BCUT2D eigenvalue weighted by molar-refractivity contribution is 7.99. The van der Waals surface area contributed by atoms with E-state index in [0.717, 1.165) is 12.5 Å². The molecule has 1 rings (SSSR count). The molecule has 0 saturated heterocycles. The third-order valence-corrected chi connectivity index (χ3v) is 4.82. The number of hydrogen-bond donors (Lipinski definition) is 1. The van der Waals surface area contributed by atoms with Gasteiger partial charge in [0, 0.05) is 16.7 Å². The van der Waals surface area contributed by atoms with E-state index in [9.17, 15) is 0 Å². The van der Waals surface area contributed by atoms with E-state index in [-0.39, 0.29) is 0 Å². The molecule has 0 bridgehead atoms. The minimum Gasteiger partial charge on any atom is -0.313 e. The fourth-order valence-electron chi connectivity index (χ4n) is 2.30. The Bertz CT molecular complexity index is 308. The van der Waals surface area contributed by atoms with Crippen LogP contribution in [-0.2, 0) is 0 Å². The topological polar surface area (TPSA) is 12.0 Å². The van der Waals surface area contributed by atoms with Gasteiger partial charge in [-0.15, -0.1) is 11.8 Å². The quantitative estimate of drug-likeness (QED) is 0.607. The normalized spacial score (nSPS) is 12.8. The minimum atomic E-state index is 0.648. The Morgan fingerprint density at radius 3 is 2.32 bits per heavy atom. The van der Waals surface area contributed by atoms with Crippen molar-refractivity contribution in [1.29, 1.82) is 0 Å². The molecule has 0 saturated carbocycles. The monoisotopic (exact) mass is 279 g/mol. The van der Waals surface area contributed by atoms with E-state index < -0.39 is 0 Å². The van der Waals surface area contributed by atoms with Crippen LogP contribution < -0.4 is 5.32 Å². The molecule has 19 heavy (non-hydrogen) atoms. The Morgan fingerprint density at radius 1 is 1.05 bits per heavy atom. The largest absolute Gasteiger partial charge is 0.313 e. The summed E-state index contributed by atoms with van der Waals surface area (Å²) in [5.74, 6) is 2.05. The van der Waals surface area contributed by atoms with Crippen molar-refractivity contribution >= 4 is 11.8 Å². The minimum absolute atomic E-state index is 0.648. The molecule has 1 aromatic rings. The summed E-state index contributed by atoms with van der Waals surface area (Å²) < 4.78 is 0. The maximum atomic E-state index is 3.72. The first kappa shape index (κ1) is 16.6. The van der Waals surface area contributed by atoms with E-state index in [1.165, 1.54) is 36.3 Å². The molecule has 1 N–H and O–H groups in total. The summed E-state index contributed by atoms with van der Waals surface area (Å²) >= 11 is 1.98. The molecule has 0 aliphatic heterocycles. The van der Waals surface area contributed by atoms with E-state index in [0.29, 0.717) is 6.04 Å². The van der Waals surface area contributed by atoms with Crippen molar-refractivity contribution in [2.45, 2.75) is 57.4 Å². The van der Waals surface area contributed by atoms with Gasteiger partial charge >= 0.3 is 0 Å². The van der Waals surface area contributed by atoms with Crippen molar-refractivity contribution in [3.05, 3.63) is 30.3 Å². The van der Waals surface area contributed by atoms with Crippen molar-refractivity contribution in [3.63, 3.8) is 0 Å². The van der Waals surface area contributed by atoms with Gasteiger partial charge in [0.05, 0.1) is 0 Å². The summed E-state index contributed by atoms with van der Waals surface area (Å²) in [7, 11) is 0. The smallest absolute Gasteiger partial charge is 0.0164 e. The van der Waals surface area contributed by atoms with E-state index in [1.807, 2.05) is 11.8 Å².